The SMILES string of the molecule is CCC(C)(C)O/C=C/C(F)(F)F. The molecule has 0 spiro atoms. The molecular formula is C8H13F3O. The Morgan fingerprint density at radius 1 is 1.25 bits per heavy atom. The smallest absolute Gasteiger partial charge is 0.412 e. The van der Waals surface area contributed by atoms with Gasteiger partial charge in [0.1, 0.15) is 5.60 Å². The molecule has 0 aliphatic heterocycles. The van der Waals surface area contributed by atoms with Crippen molar-refractivity contribution in [3.05, 3.63) is 12.3 Å². The summed E-state index contributed by atoms with van der Waals surface area (Å²) in [4.78, 5) is 0. The van der Waals surface area contributed by atoms with Crippen LogP contribution in [0.25, 0.3) is 0 Å². The predicted molar refractivity (Wildman–Crippen MR) is 40.7 cm³/mol. The van der Waals surface area contributed by atoms with Crippen LogP contribution in [0.1, 0.15) is 27.2 Å². The first kappa shape index (κ1) is 11.3. The zero-order valence-electron chi connectivity index (χ0n) is 7.40. The van der Waals surface area contributed by atoms with Crippen LogP contribution >= 0.6 is 0 Å². The summed E-state index contributed by atoms with van der Waals surface area (Å²) in [6.07, 6.45) is -2.84. The van der Waals surface area contributed by atoms with Gasteiger partial charge in [0.25, 0.3) is 0 Å². The lowest BCUT2D eigenvalue weighted by atomic mass is 10.1. The highest BCUT2D eigenvalue weighted by atomic mass is 19.4. The fraction of sp³-hybridized carbons (Fsp3) is 0.750. The molecular weight excluding hydrogens is 169 g/mol. The van der Waals surface area contributed by atoms with Crippen LogP contribution < -0.4 is 0 Å². The second-order valence-electron chi connectivity index (χ2n) is 3.08. The number of alkyl halides is 3. The summed E-state index contributed by atoms with van der Waals surface area (Å²) in [5, 5.41) is 0. The molecule has 0 aliphatic rings. The average Bonchev–Trinajstić information content (AvgIpc) is 1.84. The van der Waals surface area contributed by atoms with Gasteiger partial charge < -0.3 is 4.74 Å². The van der Waals surface area contributed by atoms with Gasteiger partial charge in [-0.25, -0.2) is 0 Å². The highest BCUT2D eigenvalue weighted by Crippen LogP contribution is 2.18. The zero-order valence-corrected chi connectivity index (χ0v) is 7.40. The number of allylic oxidation sites excluding steroid dienone is 1. The highest BCUT2D eigenvalue weighted by Gasteiger charge is 2.23. The molecule has 12 heavy (non-hydrogen) atoms. The minimum atomic E-state index is -4.29. The first-order valence-electron chi connectivity index (χ1n) is 3.69. The van der Waals surface area contributed by atoms with E-state index < -0.39 is 11.8 Å². The van der Waals surface area contributed by atoms with Gasteiger partial charge in [0.05, 0.1) is 12.3 Å². The molecule has 1 nitrogen and oxygen atoms in total. The maximum absolute atomic E-state index is 11.6. The summed E-state index contributed by atoms with van der Waals surface area (Å²) in [5.74, 6) is 0. The van der Waals surface area contributed by atoms with E-state index in [2.05, 4.69) is 0 Å². The number of hydrogen-bond acceptors (Lipinski definition) is 1. The zero-order chi connectivity index (χ0) is 9.83. The molecule has 72 valence electrons. The van der Waals surface area contributed by atoms with Gasteiger partial charge in [-0.15, -0.1) is 0 Å². The van der Waals surface area contributed by atoms with Crippen molar-refractivity contribution in [2.45, 2.75) is 39.0 Å². The minimum absolute atomic E-state index is 0.0877. The summed E-state index contributed by atoms with van der Waals surface area (Å²) in [6.45, 7) is 5.31. The topological polar surface area (TPSA) is 9.23 Å². The quantitative estimate of drug-likeness (QED) is 0.608. The summed E-state index contributed by atoms with van der Waals surface area (Å²) in [6, 6.07) is 0. The lowest BCUT2D eigenvalue weighted by Gasteiger charge is -2.21. The lowest BCUT2D eigenvalue weighted by Crippen LogP contribution is -2.20. The van der Waals surface area contributed by atoms with Crippen molar-refractivity contribution in [3.8, 4) is 0 Å². The fourth-order valence-electron chi connectivity index (χ4n) is 0.379. The van der Waals surface area contributed by atoms with Crippen molar-refractivity contribution in [3.63, 3.8) is 0 Å². The van der Waals surface area contributed by atoms with Gasteiger partial charge in [-0.3, -0.25) is 0 Å². The lowest BCUT2D eigenvalue weighted by molar-refractivity contribution is -0.0833. The van der Waals surface area contributed by atoms with E-state index in [9.17, 15) is 13.2 Å². The third-order valence-corrected chi connectivity index (χ3v) is 1.50. The Bertz CT molecular complexity index is 158. The van der Waals surface area contributed by atoms with Crippen LogP contribution in [0.2, 0.25) is 0 Å². The average molecular weight is 182 g/mol. The Morgan fingerprint density at radius 2 is 1.75 bits per heavy atom. The Kier molecular flexibility index (Phi) is 3.61. The van der Waals surface area contributed by atoms with Gasteiger partial charge in [0.15, 0.2) is 0 Å². The van der Waals surface area contributed by atoms with Crippen LogP contribution in [0.3, 0.4) is 0 Å². The Morgan fingerprint density at radius 3 is 2.08 bits per heavy atom. The minimum Gasteiger partial charge on any atom is -0.495 e. The van der Waals surface area contributed by atoms with Crippen molar-refractivity contribution >= 4 is 0 Å². The molecule has 0 bridgehead atoms. The van der Waals surface area contributed by atoms with Gasteiger partial charge in [-0.05, 0) is 20.3 Å². The van der Waals surface area contributed by atoms with Crippen LogP contribution in [-0.4, -0.2) is 11.8 Å². The Labute approximate surface area is 70.2 Å². The molecule has 0 aromatic carbocycles. The molecule has 0 fully saturated rings. The van der Waals surface area contributed by atoms with E-state index in [1.165, 1.54) is 0 Å². The van der Waals surface area contributed by atoms with E-state index in [0.29, 0.717) is 12.7 Å². The third kappa shape index (κ3) is 6.07. The molecule has 0 radical (unpaired) electrons. The van der Waals surface area contributed by atoms with Crippen LogP contribution in [0.5, 0.6) is 0 Å². The molecule has 0 saturated heterocycles. The molecule has 0 saturated carbocycles. The van der Waals surface area contributed by atoms with Crippen molar-refractivity contribution in [1.29, 1.82) is 0 Å². The van der Waals surface area contributed by atoms with Gasteiger partial charge >= 0.3 is 6.18 Å². The molecule has 0 rings (SSSR count). The number of ether oxygens (including phenoxy) is 1. The highest BCUT2D eigenvalue weighted by molar-refractivity contribution is 4.84. The third-order valence-electron chi connectivity index (χ3n) is 1.50. The molecule has 0 atom stereocenters. The molecule has 0 unspecified atom stereocenters. The van der Waals surface area contributed by atoms with Crippen molar-refractivity contribution in [2.24, 2.45) is 0 Å². The van der Waals surface area contributed by atoms with E-state index >= 15 is 0 Å². The van der Waals surface area contributed by atoms with Crippen molar-refractivity contribution in [1.82, 2.24) is 0 Å². The summed E-state index contributed by atoms with van der Waals surface area (Å²) >= 11 is 0. The monoisotopic (exact) mass is 182 g/mol. The molecule has 0 heterocycles. The summed E-state index contributed by atoms with van der Waals surface area (Å²) < 4.78 is 39.6. The molecule has 0 aromatic rings. The van der Waals surface area contributed by atoms with E-state index in [0.717, 1.165) is 0 Å². The first-order chi connectivity index (χ1) is 5.27. The van der Waals surface area contributed by atoms with E-state index in [1.54, 1.807) is 13.8 Å². The van der Waals surface area contributed by atoms with Gasteiger partial charge in [0, 0.05) is 0 Å². The molecule has 0 amide bonds. The van der Waals surface area contributed by atoms with Crippen LogP contribution in [0.15, 0.2) is 12.3 Å². The maximum Gasteiger partial charge on any atom is 0.412 e. The number of hydrogen-bond donors (Lipinski definition) is 0. The van der Waals surface area contributed by atoms with Crippen LogP contribution in [0, 0.1) is 0 Å². The van der Waals surface area contributed by atoms with Crippen molar-refractivity contribution < 1.29 is 17.9 Å². The molecule has 0 aliphatic carbocycles. The van der Waals surface area contributed by atoms with Crippen molar-refractivity contribution in [2.75, 3.05) is 0 Å². The second kappa shape index (κ2) is 3.83. The molecule has 0 aromatic heterocycles. The largest absolute Gasteiger partial charge is 0.495 e. The fourth-order valence-corrected chi connectivity index (χ4v) is 0.379. The number of halogens is 3. The summed E-state index contributed by atoms with van der Waals surface area (Å²) in [5.41, 5.74) is -0.526. The first-order valence-corrected chi connectivity index (χ1v) is 3.69. The van der Waals surface area contributed by atoms with Crippen LogP contribution in [0.4, 0.5) is 13.2 Å². The maximum atomic E-state index is 11.6. The Balaban J connectivity index is 3.91. The van der Waals surface area contributed by atoms with E-state index in [-0.39, 0.29) is 6.08 Å². The Hall–Kier alpha value is -0.670. The van der Waals surface area contributed by atoms with E-state index in [4.69, 9.17) is 4.74 Å². The normalized spacial score (nSPS) is 13.8. The van der Waals surface area contributed by atoms with Crippen LogP contribution in [-0.2, 0) is 4.74 Å². The molecule has 4 heteroatoms. The van der Waals surface area contributed by atoms with E-state index in [1.807, 2.05) is 6.92 Å². The summed E-state index contributed by atoms with van der Waals surface area (Å²) in [7, 11) is 0. The van der Waals surface area contributed by atoms with Gasteiger partial charge in [0.2, 0.25) is 0 Å². The number of rotatable bonds is 3. The standard InChI is InChI=1S/C8H13F3O/c1-4-7(2,3)12-6-5-8(9,10)11/h5-6H,4H2,1-3H3/b6-5+. The second-order valence-corrected chi connectivity index (χ2v) is 3.08. The van der Waals surface area contributed by atoms with Gasteiger partial charge in [-0.1, -0.05) is 6.92 Å². The van der Waals surface area contributed by atoms with Gasteiger partial charge in [-0.2, -0.15) is 13.2 Å². The predicted octanol–water partition coefficient (Wildman–Crippen LogP) is 3.27. The molecule has 0 N–H and O–H groups in total.